The van der Waals surface area contributed by atoms with Crippen LogP contribution in [-0.4, -0.2) is 47.1 Å². The Morgan fingerprint density at radius 2 is 1.54 bits per heavy atom. The first-order valence-corrected chi connectivity index (χ1v) is 13.7. The van der Waals surface area contributed by atoms with Crippen LogP contribution in [0.5, 0.6) is 0 Å². The molecule has 2 aromatic carbocycles. The van der Waals surface area contributed by atoms with Crippen LogP contribution in [-0.2, 0) is 20.0 Å². The van der Waals surface area contributed by atoms with E-state index in [0.29, 0.717) is 5.69 Å². The van der Waals surface area contributed by atoms with Gasteiger partial charge in [0.2, 0.25) is 20.0 Å². The molecule has 0 aromatic heterocycles. The summed E-state index contributed by atoms with van der Waals surface area (Å²) in [5.74, 6) is -8.34. The van der Waals surface area contributed by atoms with Gasteiger partial charge in [-0.25, -0.2) is 30.0 Å². The zero-order chi connectivity index (χ0) is 26.6. The summed E-state index contributed by atoms with van der Waals surface area (Å²) in [5.41, 5.74) is -2.71. The molecule has 0 aliphatic carbocycles. The van der Waals surface area contributed by atoms with E-state index in [9.17, 15) is 30.4 Å². The van der Waals surface area contributed by atoms with Crippen molar-refractivity contribution in [2.75, 3.05) is 15.2 Å². The number of carbonyl (C=O) groups excluding carboxylic acids is 1. The Labute approximate surface area is 202 Å². The van der Waals surface area contributed by atoms with Gasteiger partial charge in [0.15, 0.2) is 23.2 Å². The Kier molecular flexibility index (Phi) is 8.95. The molecule has 0 fully saturated rings. The number of hydrogen-bond donors (Lipinski definition) is 0. The first-order chi connectivity index (χ1) is 16.4. The molecular formula is C22H24F3N3O5S2. The maximum Gasteiger partial charge on any atom is 0.248 e. The van der Waals surface area contributed by atoms with Crippen LogP contribution in [0.4, 0.5) is 30.2 Å². The fraction of sp³-hybridized carbons (Fsp3) is 0.318. The van der Waals surface area contributed by atoms with Crippen LogP contribution < -0.4 is 3.71 Å². The minimum atomic E-state index is -4.72. The molecule has 0 saturated heterocycles. The number of aliphatic imine (C=N–C) groups is 2. The summed E-state index contributed by atoms with van der Waals surface area (Å²) >= 11 is 0. The zero-order valence-corrected chi connectivity index (χ0v) is 20.9. The van der Waals surface area contributed by atoms with E-state index in [0.717, 1.165) is 12.1 Å². The first kappa shape index (κ1) is 28.2. The number of halogens is 3. The summed E-state index contributed by atoms with van der Waals surface area (Å²) in [6, 6.07) is 3.69. The Hall–Kier alpha value is -3.06. The van der Waals surface area contributed by atoms with Crippen molar-refractivity contribution >= 4 is 55.8 Å². The second kappa shape index (κ2) is 11.1. The molecule has 0 bridgehead atoms. The SMILES string of the molecule is C=Nc1cc(C(=O)c2c(F)c(F)cc(N(S(=O)(=O)CCC)S(=O)(=O)CCC)c2F)ccc1/N=C\C. The van der Waals surface area contributed by atoms with Crippen molar-refractivity contribution in [3.05, 3.63) is 52.8 Å². The van der Waals surface area contributed by atoms with Gasteiger partial charge < -0.3 is 0 Å². The summed E-state index contributed by atoms with van der Waals surface area (Å²) < 4.78 is 95.7. The molecule has 35 heavy (non-hydrogen) atoms. The van der Waals surface area contributed by atoms with E-state index in [1.54, 1.807) is 6.92 Å². The lowest BCUT2D eigenvalue weighted by Crippen LogP contribution is -2.40. The van der Waals surface area contributed by atoms with Gasteiger partial charge in [0.25, 0.3) is 0 Å². The van der Waals surface area contributed by atoms with Gasteiger partial charge in [-0.1, -0.05) is 13.8 Å². The number of anilines is 1. The van der Waals surface area contributed by atoms with Crippen molar-refractivity contribution in [3.8, 4) is 0 Å². The third-order valence-corrected chi connectivity index (χ3v) is 9.28. The van der Waals surface area contributed by atoms with Crippen LogP contribution in [0.25, 0.3) is 0 Å². The average Bonchev–Trinajstić information content (AvgIpc) is 2.77. The number of hydrogen-bond acceptors (Lipinski definition) is 7. The van der Waals surface area contributed by atoms with E-state index in [1.807, 2.05) is 0 Å². The third-order valence-electron chi connectivity index (χ3n) is 4.67. The van der Waals surface area contributed by atoms with Crippen molar-refractivity contribution in [1.82, 2.24) is 0 Å². The molecule has 0 N–H and O–H groups in total. The van der Waals surface area contributed by atoms with E-state index in [2.05, 4.69) is 16.7 Å². The highest BCUT2D eigenvalue weighted by atomic mass is 32.3. The van der Waals surface area contributed by atoms with Gasteiger partial charge in [-0.2, -0.15) is 3.71 Å². The van der Waals surface area contributed by atoms with E-state index in [-0.39, 0.29) is 33.9 Å². The van der Waals surface area contributed by atoms with Gasteiger partial charge in [0, 0.05) is 17.8 Å². The van der Waals surface area contributed by atoms with Gasteiger partial charge in [-0.05, 0) is 44.7 Å². The lowest BCUT2D eigenvalue weighted by molar-refractivity contribution is 0.103. The fourth-order valence-corrected chi connectivity index (χ4v) is 7.32. The molecule has 0 radical (unpaired) electrons. The maximum absolute atomic E-state index is 15.6. The predicted octanol–water partition coefficient (Wildman–Crippen LogP) is 4.68. The van der Waals surface area contributed by atoms with Crippen LogP contribution in [0.2, 0.25) is 0 Å². The van der Waals surface area contributed by atoms with Crippen LogP contribution >= 0.6 is 0 Å². The highest BCUT2D eigenvalue weighted by Gasteiger charge is 2.38. The minimum Gasteiger partial charge on any atom is -0.288 e. The molecule has 0 unspecified atom stereocenters. The number of sulfonamides is 2. The summed E-state index contributed by atoms with van der Waals surface area (Å²) in [4.78, 5) is 20.7. The van der Waals surface area contributed by atoms with Gasteiger partial charge >= 0.3 is 0 Å². The molecule has 0 aliphatic rings. The molecule has 190 valence electrons. The van der Waals surface area contributed by atoms with Crippen LogP contribution in [0.15, 0.2) is 34.3 Å². The lowest BCUT2D eigenvalue weighted by atomic mass is 10.00. The highest BCUT2D eigenvalue weighted by molar-refractivity contribution is 8.10. The fourth-order valence-electron chi connectivity index (χ4n) is 3.26. The van der Waals surface area contributed by atoms with Gasteiger partial charge in [-0.15, -0.1) is 0 Å². The Morgan fingerprint density at radius 3 is 2.03 bits per heavy atom. The zero-order valence-electron chi connectivity index (χ0n) is 19.3. The Morgan fingerprint density at radius 1 is 0.971 bits per heavy atom. The number of benzene rings is 2. The maximum atomic E-state index is 15.6. The summed E-state index contributed by atoms with van der Waals surface area (Å²) in [7, 11) is -9.44. The van der Waals surface area contributed by atoms with Gasteiger partial charge in [0.05, 0.1) is 28.4 Å². The van der Waals surface area contributed by atoms with Crippen molar-refractivity contribution < 1.29 is 34.8 Å². The van der Waals surface area contributed by atoms with Crippen molar-refractivity contribution in [1.29, 1.82) is 0 Å². The normalized spacial score (nSPS) is 12.2. The molecule has 8 nitrogen and oxygen atoms in total. The number of nitrogens with zero attached hydrogens (tertiary/aromatic N) is 3. The predicted molar refractivity (Wildman–Crippen MR) is 130 cm³/mol. The molecule has 0 amide bonds. The highest BCUT2D eigenvalue weighted by Crippen LogP contribution is 2.35. The van der Waals surface area contributed by atoms with Gasteiger partial charge in [0.1, 0.15) is 5.69 Å². The molecular weight excluding hydrogens is 507 g/mol. The third kappa shape index (κ3) is 5.78. The number of ketones is 1. The van der Waals surface area contributed by atoms with E-state index in [4.69, 9.17) is 0 Å². The van der Waals surface area contributed by atoms with E-state index >= 15 is 4.39 Å². The van der Waals surface area contributed by atoms with Gasteiger partial charge in [-0.3, -0.25) is 14.8 Å². The molecule has 2 rings (SSSR count). The first-order valence-electron chi connectivity index (χ1n) is 10.4. The van der Waals surface area contributed by atoms with E-state index < -0.39 is 66.0 Å². The van der Waals surface area contributed by atoms with E-state index in [1.165, 1.54) is 26.1 Å². The van der Waals surface area contributed by atoms with Crippen molar-refractivity contribution in [2.24, 2.45) is 9.98 Å². The van der Waals surface area contributed by atoms with Crippen molar-refractivity contribution in [3.63, 3.8) is 0 Å². The minimum absolute atomic E-state index is 0.0402. The second-order valence-electron chi connectivity index (χ2n) is 7.29. The number of rotatable bonds is 11. The quantitative estimate of drug-likeness (QED) is 0.237. The topological polar surface area (TPSA) is 113 Å². The summed E-state index contributed by atoms with van der Waals surface area (Å²) in [5, 5.41) is 0. The smallest absolute Gasteiger partial charge is 0.248 e. The lowest BCUT2D eigenvalue weighted by Gasteiger charge is -2.25. The Balaban J connectivity index is 2.85. The standard InChI is InChI=1S/C22H24F3N3O5S2/c1-5-10-34(30,31)28(35(32,33)11-6-2)18-13-15(23)20(24)19(21(18)25)22(29)14-8-9-16(27-7-3)17(12-14)26-4/h7-9,12-13H,4-6,10-11H2,1-3H3/b27-7-. The molecule has 0 spiro atoms. The van der Waals surface area contributed by atoms with Crippen LogP contribution in [0.3, 0.4) is 0 Å². The summed E-state index contributed by atoms with van der Waals surface area (Å²) in [6.45, 7) is 7.84. The molecule has 0 atom stereocenters. The number of carbonyl (C=O) groups is 1. The van der Waals surface area contributed by atoms with Crippen LogP contribution in [0, 0.1) is 17.5 Å². The molecule has 0 aliphatic heterocycles. The summed E-state index contributed by atoms with van der Waals surface area (Å²) in [6.07, 6.45) is 1.36. The largest absolute Gasteiger partial charge is 0.288 e. The molecule has 0 heterocycles. The Bertz CT molecular complexity index is 1360. The monoisotopic (exact) mass is 531 g/mol. The average molecular weight is 532 g/mol. The second-order valence-corrected chi connectivity index (χ2v) is 11.4. The molecule has 2 aromatic rings. The molecule has 13 heteroatoms. The van der Waals surface area contributed by atoms with Crippen molar-refractivity contribution in [2.45, 2.75) is 33.6 Å². The van der Waals surface area contributed by atoms with Crippen LogP contribution in [0.1, 0.15) is 49.5 Å². The molecule has 0 saturated carbocycles.